The van der Waals surface area contributed by atoms with Crippen LogP contribution in [-0.4, -0.2) is 44.3 Å². The zero-order valence-electron chi connectivity index (χ0n) is 24.8. The van der Waals surface area contributed by atoms with E-state index in [0.717, 1.165) is 21.0 Å². The molecule has 0 aromatic heterocycles. The summed E-state index contributed by atoms with van der Waals surface area (Å²) < 4.78 is 29.4. The molecule has 0 aliphatic rings. The molecule has 2 amide bonds. The molecule has 0 aliphatic heterocycles. The molecule has 44 heavy (non-hydrogen) atoms. The number of carbonyl (C=O) groups is 2. The highest BCUT2D eigenvalue weighted by Gasteiger charge is 2.35. The Morgan fingerprint density at radius 3 is 2.09 bits per heavy atom. The smallest absolute Gasteiger partial charge is 0.264 e. The van der Waals surface area contributed by atoms with Crippen molar-refractivity contribution in [2.75, 3.05) is 17.4 Å². The van der Waals surface area contributed by atoms with E-state index in [2.05, 4.69) is 5.32 Å². The zero-order chi connectivity index (χ0) is 31.9. The van der Waals surface area contributed by atoms with Crippen molar-refractivity contribution in [3.05, 3.63) is 129 Å². The van der Waals surface area contributed by atoms with E-state index in [1.54, 1.807) is 62.4 Å². The lowest BCUT2D eigenvalue weighted by molar-refractivity contribution is -0.140. The molecule has 7 nitrogen and oxygen atoms in total. The van der Waals surface area contributed by atoms with Crippen LogP contribution in [0.2, 0.25) is 10.0 Å². The molecule has 1 N–H and O–H groups in total. The summed E-state index contributed by atoms with van der Waals surface area (Å²) in [5, 5.41) is 3.71. The molecule has 0 spiro atoms. The van der Waals surface area contributed by atoms with E-state index in [4.69, 9.17) is 23.2 Å². The first-order valence-electron chi connectivity index (χ1n) is 14.2. The Morgan fingerprint density at radius 2 is 1.45 bits per heavy atom. The molecule has 0 fully saturated rings. The number of aryl methyl sites for hydroxylation is 2. The Bertz CT molecular complexity index is 1700. The quantitative estimate of drug-likeness (QED) is 0.187. The summed E-state index contributed by atoms with van der Waals surface area (Å²) in [7, 11) is -4.22. The number of hydrogen-bond donors (Lipinski definition) is 1. The number of carbonyl (C=O) groups excluding carboxylic acids is 2. The first-order valence-corrected chi connectivity index (χ1v) is 16.4. The first-order chi connectivity index (χ1) is 21.0. The molecule has 0 radical (unpaired) electrons. The van der Waals surface area contributed by atoms with Gasteiger partial charge in [-0.15, -0.1) is 0 Å². The van der Waals surface area contributed by atoms with Crippen LogP contribution < -0.4 is 9.62 Å². The molecule has 4 rings (SSSR count). The molecule has 0 aliphatic carbocycles. The summed E-state index contributed by atoms with van der Waals surface area (Å²) in [6.45, 7) is 5.28. The lowest BCUT2D eigenvalue weighted by Gasteiger charge is -2.34. The number of nitrogens with zero attached hydrogens (tertiary/aromatic N) is 2. The topological polar surface area (TPSA) is 86.8 Å². The Morgan fingerprint density at radius 1 is 0.818 bits per heavy atom. The van der Waals surface area contributed by atoms with Crippen LogP contribution in [0, 0.1) is 13.8 Å². The number of halogens is 2. The monoisotopic (exact) mass is 651 g/mol. The van der Waals surface area contributed by atoms with E-state index in [1.165, 1.54) is 23.1 Å². The van der Waals surface area contributed by atoms with Crippen LogP contribution in [0.15, 0.2) is 102 Å². The van der Waals surface area contributed by atoms with Crippen molar-refractivity contribution >= 4 is 50.7 Å². The summed E-state index contributed by atoms with van der Waals surface area (Å²) in [5.41, 5.74) is 3.37. The van der Waals surface area contributed by atoms with Crippen LogP contribution in [0.4, 0.5) is 5.69 Å². The minimum Gasteiger partial charge on any atom is -0.355 e. The van der Waals surface area contributed by atoms with Gasteiger partial charge in [0.15, 0.2) is 0 Å². The Kier molecular flexibility index (Phi) is 11.1. The maximum Gasteiger partial charge on any atom is 0.264 e. The molecule has 0 saturated carbocycles. The highest BCUT2D eigenvalue weighted by Crippen LogP contribution is 2.30. The SMILES string of the molecule is CCNC(=O)[C@H](Cc1ccccc1)N(Cc1ccc(Cl)cc1)C(=O)CN(c1cc(Cl)ccc1C)S(=O)(=O)c1ccc(C)cc1. The second-order valence-corrected chi connectivity index (χ2v) is 13.2. The van der Waals surface area contributed by atoms with Gasteiger partial charge in [-0.1, -0.05) is 89.4 Å². The zero-order valence-corrected chi connectivity index (χ0v) is 27.2. The van der Waals surface area contributed by atoms with Gasteiger partial charge in [0.1, 0.15) is 12.6 Å². The maximum atomic E-state index is 14.4. The molecule has 1 atom stereocenters. The van der Waals surface area contributed by atoms with Gasteiger partial charge in [-0.2, -0.15) is 0 Å². The van der Waals surface area contributed by atoms with Crippen LogP contribution in [0.3, 0.4) is 0 Å². The summed E-state index contributed by atoms with van der Waals surface area (Å²) in [6, 6.07) is 26.8. The molecule has 0 saturated heterocycles. The maximum absolute atomic E-state index is 14.4. The number of rotatable bonds is 12. The molecular formula is C34H35Cl2N3O4S. The fourth-order valence-electron chi connectivity index (χ4n) is 4.83. The van der Waals surface area contributed by atoms with Gasteiger partial charge >= 0.3 is 0 Å². The lowest BCUT2D eigenvalue weighted by atomic mass is 10.0. The summed E-state index contributed by atoms with van der Waals surface area (Å²) >= 11 is 12.5. The second kappa shape index (κ2) is 14.8. The van der Waals surface area contributed by atoms with Crippen molar-refractivity contribution in [2.24, 2.45) is 0 Å². The van der Waals surface area contributed by atoms with Crippen LogP contribution in [0.25, 0.3) is 0 Å². The van der Waals surface area contributed by atoms with E-state index in [-0.39, 0.29) is 29.5 Å². The molecular weight excluding hydrogens is 617 g/mol. The third-order valence-electron chi connectivity index (χ3n) is 7.22. The van der Waals surface area contributed by atoms with Crippen LogP contribution in [-0.2, 0) is 32.6 Å². The van der Waals surface area contributed by atoms with Crippen molar-refractivity contribution in [1.29, 1.82) is 0 Å². The standard InChI is InChI=1S/C34H35Cl2N3O4S/c1-4-37-34(41)32(20-26-8-6-5-7-9-26)38(22-27-13-16-28(35)17-14-27)33(40)23-39(31-21-29(36)15-12-25(31)3)44(42,43)30-18-10-24(2)11-19-30/h5-19,21,32H,4,20,22-23H2,1-3H3,(H,37,41)/t32-/m0/s1. The van der Waals surface area contributed by atoms with Crippen molar-refractivity contribution in [3.63, 3.8) is 0 Å². The van der Waals surface area contributed by atoms with E-state index in [9.17, 15) is 18.0 Å². The predicted molar refractivity (Wildman–Crippen MR) is 177 cm³/mol. The third-order valence-corrected chi connectivity index (χ3v) is 9.48. The number of hydrogen-bond acceptors (Lipinski definition) is 4. The first kappa shape index (κ1) is 33.1. The van der Waals surface area contributed by atoms with Crippen LogP contribution in [0.5, 0.6) is 0 Å². The largest absolute Gasteiger partial charge is 0.355 e. The average Bonchev–Trinajstić information content (AvgIpc) is 3.00. The fraction of sp³-hybridized carbons (Fsp3) is 0.235. The highest BCUT2D eigenvalue weighted by atomic mass is 35.5. The van der Waals surface area contributed by atoms with E-state index >= 15 is 0 Å². The molecule has 0 unspecified atom stereocenters. The minimum atomic E-state index is -4.22. The van der Waals surface area contributed by atoms with Crippen LogP contribution >= 0.6 is 23.2 Å². The summed E-state index contributed by atoms with van der Waals surface area (Å²) in [5.74, 6) is -0.896. The Hall–Kier alpha value is -3.85. The minimum absolute atomic E-state index is 0.0316. The lowest BCUT2D eigenvalue weighted by Crippen LogP contribution is -2.53. The number of amides is 2. The number of anilines is 1. The van der Waals surface area contributed by atoms with Crippen molar-refractivity contribution in [3.8, 4) is 0 Å². The molecule has 0 heterocycles. The third kappa shape index (κ3) is 8.20. The van der Waals surface area contributed by atoms with Gasteiger partial charge in [-0.05, 0) is 73.9 Å². The van der Waals surface area contributed by atoms with E-state index in [1.807, 2.05) is 37.3 Å². The molecule has 0 bridgehead atoms. The Labute approximate surface area is 269 Å². The van der Waals surface area contributed by atoms with Crippen LogP contribution in [0.1, 0.15) is 29.2 Å². The van der Waals surface area contributed by atoms with E-state index in [0.29, 0.717) is 22.2 Å². The second-order valence-electron chi connectivity index (χ2n) is 10.5. The molecule has 4 aromatic rings. The van der Waals surface area contributed by atoms with Gasteiger partial charge in [0.2, 0.25) is 11.8 Å². The number of sulfonamides is 1. The highest BCUT2D eigenvalue weighted by molar-refractivity contribution is 7.92. The van der Waals surface area contributed by atoms with Gasteiger partial charge in [0.05, 0.1) is 10.6 Å². The van der Waals surface area contributed by atoms with Crippen molar-refractivity contribution in [1.82, 2.24) is 10.2 Å². The predicted octanol–water partition coefficient (Wildman–Crippen LogP) is 6.58. The van der Waals surface area contributed by atoms with Gasteiger partial charge in [-0.3, -0.25) is 13.9 Å². The van der Waals surface area contributed by atoms with Gasteiger partial charge in [-0.25, -0.2) is 8.42 Å². The molecule has 4 aromatic carbocycles. The molecule has 230 valence electrons. The summed E-state index contributed by atoms with van der Waals surface area (Å²) in [4.78, 5) is 29.5. The number of nitrogens with one attached hydrogen (secondary N) is 1. The molecule has 10 heteroatoms. The average molecular weight is 653 g/mol. The number of likely N-dealkylation sites (N-methyl/N-ethyl adjacent to an activating group) is 1. The fourth-order valence-corrected chi connectivity index (χ4v) is 6.60. The number of benzene rings is 4. The summed E-state index contributed by atoms with van der Waals surface area (Å²) in [6.07, 6.45) is 0.229. The van der Waals surface area contributed by atoms with Gasteiger partial charge < -0.3 is 10.2 Å². The van der Waals surface area contributed by atoms with Crippen molar-refractivity contribution < 1.29 is 18.0 Å². The Balaban J connectivity index is 1.82. The van der Waals surface area contributed by atoms with Gasteiger partial charge in [0.25, 0.3) is 10.0 Å². The van der Waals surface area contributed by atoms with Gasteiger partial charge in [0, 0.05) is 29.6 Å². The van der Waals surface area contributed by atoms with E-state index < -0.39 is 28.5 Å². The normalized spacial score (nSPS) is 11.9. The van der Waals surface area contributed by atoms with Crippen molar-refractivity contribution in [2.45, 2.75) is 44.7 Å².